The molecule has 4 nitrogen and oxygen atoms in total. The molecule has 3 rings (SSSR count). The van der Waals surface area contributed by atoms with Gasteiger partial charge in [-0.15, -0.1) is 11.3 Å². The molecule has 130 valence electrons. The van der Waals surface area contributed by atoms with E-state index in [1.165, 1.54) is 23.4 Å². The zero-order valence-electron chi connectivity index (χ0n) is 15.2. The van der Waals surface area contributed by atoms with Crippen molar-refractivity contribution >= 4 is 17.2 Å². The van der Waals surface area contributed by atoms with Crippen LogP contribution in [0.3, 0.4) is 0 Å². The van der Waals surface area contributed by atoms with Crippen molar-refractivity contribution in [2.45, 2.75) is 52.5 Å². The third-order valence-electron chi connectivity index (χ3n) is 4.41. The van der Waals surface area contributed by atoms with E-state index < -0.39 is 0 Å². The first-order valence-electron chi connectivity index (χ1n) is 8.59. The maximum atomic E-state index is 12.6. The fourth-order valence-electron chi connectivity index (χ4n) is 2.91. The molecule has 2 aromatic rings. The van der Waals surface area contributed by atoms with E-state index in [-0.39, 0.29) is 11.3 Å². The van der Waals surface area contributed by atoms with Gasteiger partial charge in [0.1, 0.15) is 0 Å². The van der Waals surface area contributed by atoms with E-state index in [0.717, 1.165) is 11.3 Å². The second kappa shape index (κ2) is 6.61. The van der Waals surface area contributed by atoms with E-state index in [1.54, 1.807) is 35.6 Å². The number of benzene rings is 1. The Bertz CT molecular complexity index is 918. The lowest BCUT2D eigenvalue weighted by atomic mass is 9.93. The third kappa shape index (κ3) is 3.91. The van der Waals surface area contributed by atoms with Crippen molar-refractivity contribution in [2.75, 3.05) is 0 Å². The normalized spacial score (nSPS) is 15.2. The van der Waals surface area contributed by atoms with Crippen LogP contribution in [0.4, 0.5) is 0 Å². The van der Waals surface area contributed by atoms with E-state index in [0.29, 0.717) is 17.0 Å². The molecule has 0 aliphatic heterocycles. The Morgan fingerprint density at radius 2 is 2.12 bits per heavy atom. The molecule has 1 aliphatic carbocycles. The molecule has 0 unspecified atom stereocenters. The highest BCUT2D eigenvalue weighted by Gasteiger charge is 2.27. The maximum Gasteiger partial charge on any atom is 0.279 e. The zero-order chi connectivity index (χ0) is 18.2. The zero-order valence-corrected chi connectivity index (χ0v) is 16.0. The minimum Gasteiger partial charge on any atom is -0.320 e. The van der Waals surface area contributed by atoms with Crippen LogP contribution in [0.1, 0.15) is 60.1 Å². The van der Waals surface area contributed by atoms with Crippen LogP contribution < -0.4 is 4.80 Å². The predicted molar refractivity (Wildman–Crippen MR) is 99.5 cm³/mol. The van der Waals surface area contributed by atoms with Gasteiger partial charge in [-0.3, -0.25) is 4.79 Å². The summed E-state index contributed by atoms with van der Waals surface area (Å²) < 4.78 is 2.20. The molecule has 1 heterocycles. The van der Waals surface area contributed by atoms with Gasteiger partial charge in [0.05, 0.1) is 11.6 Å². The van der Waals surface area contributed by atoms with Gasteiger partial charge in [-0.1, -0.05) is 26.8 Å². The molecule has 0 atom stereocenters. The largest absolute Gasteiger partial charge is 0.320 e. The molecule has 0 saturated heterocycles. The van der Waals surface area contributed by atoms with Crippen molar-refractivity contribution in [3.63, 3.8) is 0 Å². The van der Waals surface area contributed by atoms with E-state index in [2.05, 4.69) is 43.3 Å². The summed E-state index contributed by atoms with van der Waals surface area (Å²) in [5.41, 5.74) is 2.17. The van der Waals surface area contributed by atoms with Crippen LogP contribution in [0.15, 0.2) is 29.3 Å². The Labute approximate surface area is 152 Å². The average Bonchev–Trinajstić information content (AvgIpc) is 3.33. The van der Waals surface area contributed by atoms with Gasteiger partial charge in [-0.05, 0) is 49.3 Å². The number of aromatic nitrogens is 1. The Kier molecular flexibility index (Phi) is 4.66. The number of nitrogens with zero attached hydrogens (tertiary/aromatic N) is 3. The molecule has 0 radical (unpaired) electrons. The molecule has 1 aromatic heterocycles. The minimum atomic E-state index is -0.289. The van der Waals surface area contributed by atoms with Crippen molar-refractivity contribution in [3.05, 3.63) is 50.8 Å². The van der Waals surface area contributed by atoms with Gasteiger partial charge in [0.15, 0.2) is 4.80 Å². The van der Waals surface area contributed by atoms with Crippen LogP contribution in [0.2, 0.25) is 0 Å². The number of carbonyl (C=O) groups excluding carboxylic acids is 1. The van der Waals surface area contributed by atoms with Gasteiger partial charge in [0.25, 0.3) is 5.91 Å². The summed E-state index contributed by atoms with van der Waals surface area (Å²) in [5.74, 6) is 0.417. The molecule has 1 fully saturated rings. The number of amides is 1. The molecule has 0 spiro atoms. The van der Waals surface area contributed by atoms with Gasteiger partial charge < -0.3 is 4.57 Å². The maximum absolute atomic E-state index is 12.6. The van der Waals surface area contributed by atoms with Crippen molar-refractivity contribution in [3.8, 4) is 6.07 Å². The predicted octanol–water partition coefficient (Wildman–Crippen LogP) is 4.18. The molecule has 0 N–H and O–H groups in total. The molecule has 25 heavy (non-hydrogen) atoms. The minimum absolute atomic E-state index is 0.0254. The Hall–Kier alpha value is -2.19. The fraction of sp³-hybridized carbons (Fsp3) is 0.450. The number of carbonyl (C=O) groups is 1. The third-order valence-corrected chi connectivity index (χ3v) is 6.02. The van der Waals surface area contributed by atoms with Gasteiger partial charge in [-0.2, -0.15) is 10.3 Å². The number of thiazole rings is 1. The van der Waals surface area contributed by atoms with Crippen LogP contribution in [-0.4, -0.2) is 10.5 Å². The van der Waals surface area contributed by atoms with Crippen LogP contribution in [0.25, 0.3) is 0 Å². The van der Waals surface area contributed by atoms with Gasteiger partial charge in [-0.25, -0.2) is 0 Å². The quantitative estimate of drug-likeness (QED) is 0.831. The first-order valence-corrected chi connectivity index (χ1v) is 9.41. The number of nitriles is 1. The van der Waals surface area contributed by atoms with Crippen molar-refractivity contribution in [1.82, 2.24) is 4.57 Å². The van der Waals surface area contributed by atoms with E-state index >= 15 is 0 Å². The second-order valence-corrected chi connectivity index (χ2v) is 8.69. The van der Waals surface area contributed by atoms with Crippen LogP contribution >= 0.6 is 11.3 Å². The highest BCUT2D eigenvalue weighted by molar-refractivity contribution is 7.09. The monoisotopic (exact) mass is 353 g/mol. The van der Waals surface area contributed by atoms with Crippen molar-refractivity contribution in [2.24, 2.45) is 10.9 Å². The lowest BCUT2D eigenvalue weighted by Crippen LogP contribution is -2.19. The Morgan fingerprint density at radius 3 is 2.72 bits per heavy atom. The van der Waals surface area contributed by atoms with Crippen LogP contribution in [-0.2, 0) is 12.0 Å². The number of hydrogen-bond acceptors (Lipinski definition) is 3. The summed E-state index contributed by atoms with van der Waals surface area (Å²) in [7, 11) is 0. The summed E-state index contributed by atoms with van der Waals surface area (Å²) in [6.45, 7) is 9.63. The van der Waals surface area contributed by atoms with Gasteiger partial charge in [0, 0.05) is 22.7 Å². The van der Waals surface area contributed by atoms with E-state index in [9.17, 15) is 4.79 Å². The molecule has 1 saturated carbocycles. The Balaban J connectivity index is 2.06. The Morgan fingerprint density at radius 1 is 1.40 bits per heavy atom. The SMILES string of the molecule is Cc1c(C(C)(C)C)sc(=NC(=O)c2cccc(C#N)c2)n1CC1CC1. The summed E-state index contributed by atoms with van der Waals surface area (Å²) in [6, 6.07) is 8.79. The second-order valence-electron chi connectivity index (χ2n) is 7.71. The first kappa shape index (κ1) is 17.6. The molecular weight excluding hydrogens is 330 g/mol. The van der Waals surface area contributed by atoms with Gasteiger partial charge >= 0.3 is 0 Å². The van der Waals surface area contributed by atoms with E-state index in [4.69, 9.17) is 5.26 Å². The molecular formula is C20H23N3OS. The highest BCUT2D eigenvalue weighted by atomic mass is 32.1. The van der Waals surface area contributed by atoms with E-state index in [1.807, 2.05) is 0 Å². The van der Waals surface area contributed by atoms with Crippen LogP contribution in [0.5, 0.6) is 0 Å². The molecule has 1 amide bonds. The number of hydrogen-bond donors (Lipinski definition) is 0. The standard InChI is InChI=1S/C20H23N3OS/c1-13-17(20(2,3)4)25-19(23(13)12-14-8-9-14)22-18(24)16-7-5-6-15(10-16)11-21/h5-7,10,14H,8-9,12H2,1-4H3. The summed E-state index contributed by atoms with van der Waals surface area (Å²) in [6.07, 6.45) is 2.51. The molecule has 0 bridgehead atoms. The smallest absolute Gasteiger partial charge is 0.279 e. The van der Waals surface area contributed by atoms with Crippen LogP contribution in [0, 0.1) is 24.2 Å². The van der Waals surface area contributed by atoms with Gasteiger partial charge in [0.2, 0.25) is 0 Å². The average molecular weight is 353 g/mol. The highest BCUT2D eigenvalue weighted by Crippen LogP contribution is 2.33. The fourth-order valence-corrected chi connectivity index (χ4v) is 4.11. The molecule has 1 aromatic carbocycles. The summed E-state index contributed by atoms with van der Waals surface area (Å²) in [4.78, 5) is 19.1. The lowest BCUT2D eigenvalue weighted by molar-refractivity contribution is 0.0997. The number of rotatable bonds is 3. The molecule has 1 aliphatic rings. The first-order chi connectivity index (χ1) is 11.8. The summed E-state index contributed by atoms with van der Waals surface area (Å²) in [5, 5.41) is 9.02. The topological polar surface area (TPSA) is 58.1 Å². The van der Waals surface area contributed by atoms with Crippen molar-refractivity contribution < 1.29 is 4.79 Å². The lowest BCUT2D eigenvalue weighted by Gasteiger charge is -2.17. The molecule has 5 heteroatoms. The van der Waals surface area contributed by atoms with Crippen molar-refractivity contribution in [1.29, 1.82) is 5.26 Å². The summed E-state index contributed by atoms with van der Waals surface area (Å²) >= 11 is 1.61.